The summed E-state index contributed by atoms with van der Waals surface area (Å²) >= 11 is 5.84. The number of rotatable bonds is 4. The van der Waals surface area contributed by atoms with Crippen LogP contribution in [0.25, 0.3) is 0 Å². The highest BCUT2D eigenvalue weighted by atomic mass is 35.5. The van der Waals surface area contributed by atoms with Gasteiger partial charge in [0.15, 0.2) is 0 Å². The molecule has 1 saturated heterocycles. The molecule has 5 nitrogen and oxygen atoms in total. The van der Waals surface area contributed by atoms with Crippen LogP contribution in [0.15, 0.2) is 24.3 Å². The lowest BCUT2D eigenvalue weighted by molar-refractivity contribution is -0.139. The molecule has 1 atom stereocenters. The largest absolute Gasteiger partial charge is 0.339 e. The Bertz CT molecular complexity index is 527. The van der Waals surface area contributed by atoms with E-state index in [0.717, 1.165) is 5.56 Å². The molecule has 2 N–H and O–H groups in total. The molecule has 0 bridgehead atoms. The van der Waals surface area contributed by atoms with Crippen molar-refractivity contribution in [2.24, 2.45) is 5.73 Å². The molecule has 1 fully saturated rings. The lowest BCUT2D eigenvalue weighted by atomic mass is 10.1. The van der Waals surface area contributed by atoms with Crippen LogP contribution in [0.1, 0.15) is 18.9 Å². The van der Waals surface area contributed by atoms with E-state index < -0.39 is 0 Å². The zero-order valence-corrected chi connectivity index (χ0v) is 14.8. The first-order chi connectivity index (χ1) is 10.5. The SMILES string of the molecule is CC(N)CC(=O)N1CCN(C(=O)Cc2ccc(Cl)cc2)CC1.Cl. The van der Waals surface area contributed by atoms with Gasteiger partial charge >= 0.3 is 0 Å². The van der Waals surface area contributed by atoms with Crippen molar-refractivity contribution in [2.75, 3.05) is 26.2 Å². The van der Waals surface area contributed by atoms with E-state index in [1.165, 1.54) is 0 Å². The molecule has 0 aliphatic carbocycles. The van der Waals surface area contributed by atoms with Gasteiger partial charge in [-0.1, -0.05) is 23.7 Å². The predicted octanol–water partition coefficient (Wildman–Crippen LogP) is 1.71. The van der Waals surface area contributed by atoms with Gasteiger partial charge in [0.05, 0.1) is 6.42 Å². The van der Waals surface area contributed by atoms with Gasteiger partial charge in [-0.3, -0.25) is 9.59 Å². The fourth-order valence-corrected chi connectivity index (χ4v) is 2.62. The van der Waals surface area contributed by atoms with Crippen LogP contribution in [-0.2, 0) is 16.0 Å². The lowest BCUT2D eigenvalue weighted by Gasteiger charge is -2.35. The van der Waals surface area contributed by atoms with Gasteiger partial charge in [-0.15, -0.1) is 12.4 Å². The average molecular weight is 360 g/mol. The Morgan fingerprint density at radius 2 is 1.57 bits per heavy atom. The number of amides is 2. The Morgan fingerprint density at radius 3 is 2.04 bits per heavy atom. The van der Waals surface area contributed by atoms with Gasteiger partial charge in [-0.05, 0) is 24.6 Å². The number of halogens is 2. The molecule has 7 heteroatoms. The summed E-state index contributed by atoms with van der Waals surface area (Å²) in [6.07, 6.45) is 0.726. The predicted molar refractivity (Wildman–Crippen MR) is 93.8 cm³/mol. The van der Waals surface area contributed by atoms with Crippen LogP contribution in [-0.4, -0.2) is 53.8 Å². The molecule has 1 heterocycles. The number of hydrogen-bond donors (Lipinski definition) is 1. The summed E-state index contributed by atoms with van der Waals surface area (Å²) < 4.78 is 0. The second kappa shape index (κ2) is 9.11. The van der Waals surface area contributed by atoms with Crippen LogP contribution >= 0.6 is 24.0 Å². The monoisotopic (exact) mass is 359 g/mol. The number of nitrogens with two attached hydrogens (primary N) is 1. The first kappa shape index (κ1) is 19.7. The average Bonchev–Trinajstić information content (AvgIpc) is 2.49. The topological polar surface area (TPSA) is 66.6 Å². The number of piperazine rings is 1. The highest BCUT2D eigenvalue weighted by molar-refractivity contribution is 6.30. The van der Waals surface area contributed by atoms with Crippen molar-refractivity contribution in [3.05, 3.63) is 34.9 Å². The number of carbonyl (C=O) groups excluding carboxylic acids is 2. The van der Waals surface area contributed by atoms with Gasteiger partial charge in [-0.25, -0.2) is 0 Å². The van der Waals surface area contributed by atoms with E-state index in [9.17, 15) is 9.59 Å². The maximum absolute atomic E-state index is 12.3. The molecule has 1 aliphatic heterocycles. The zero-order chi connectivity index (χ0) is 16.1. The van der Waals surface area contributed by atoms with Crippen molar-refractivity contribution >= 4 is 35.8 Å². The first-order valence-corrected chi connectivity index (χ1v) is 7.89. The fourth-order valence-electron chi connectivity index (χ4n) is 2.50. The van der Waals surface area contributed by atoms with Gasteiger partial charge in [-0.2, -0.15) is 0 Å². The molecule has 1 aromatic rings. The Labute approximate surface area is 148 Å². The molecule has 2 amide bonds. The van der Waals surface area contributed by atoms with Crippen molar-refractivity contribution in [1.29, 1.82) is 0 Å². The smallest absolute Gasteiger partial charge is 0.227 e. The van der Waals surface area contributed by atoms with Gasteiger partial charge < -0.3 is 15.5 Å². The molecule has 2 rings (SSSR count). The van der Waals surface area contributed by atoms with Crippen molar-refractivity contribution in [1.82, 2.24) is 9.80 Å². The van der Waals surface area contributed by atoms with Gasteiger partial charge in [0.2, 0.25) is 11.8 Å². The van der Waals surface area contributed by atoms with Crippen LogP contribution in [0, 0.1) is 0 Å². The van der Waals surface area contributed by atoms with Crippen molar-refractivity contribution < 1.29 is 9.59 Å². The molecule has 23 heavy (non-hydrogen) atoms. The van der Waals surface area contributed by atoms with Gasteiger partial charge in [0, 0.05) is 43.7 Å². The third-order valence-electron chi connectivity index (χ3n) is 3.75. The summed E-state index contributed by atoms with van der Waals surface area (Å²) in [5, 5.41) is 0.664. The van der Waals surface area contributed by atoms with E-state index in [1.54, 1.807) is 17.0 Å². The molecule has 1 aromatic carbocycles. The van der Waals surface area contributed by atoms with Crippen LogP contribution in [0.4, 0.5) is 0 Å². The molecular weight excluding hydrogens is 337 g/mol. The minimum Gasteiger partial charge on any atom is -0.339 e. The van der Waals surface area contributed by atoms with Crippen molar-refractivity contribution in [2.45, 2.75) is 25.8 Å². The van der Waals surface area contributed by atoms with Gasteiger partial charge in [0.1, 0.15) is 0 Å². The quantitative estimate of drug-likeness (QED) is 0.889. The fraction of sp³-hybridized carbons (Fsp3) is 0.500. The molecule has 1 aliphatic rings. The minimum absolute atomic E-state index is 0. The van der Waals surface area contributed by atoms with Gasteiger partial charge in [0.25, 0.3) is 0 Å². The summed E-state index contributed by atoms with van der Waals surface area (Å²) in [5.74, 6) is 0.154. The Kier molecular flexibility index (Phi) is 7.82. The highest BCUT2D eigenvalue weighted by Gasteiger charge is 2.24. The number of benzene rings is 1. The number of nitrogens with zero attached hydrogens (tertiary/aromatic N) is 2. The van der Waals surface area contributed by atoms with Crippen LogP contribution in [0.3, 0.4) is 0 Å². The van der Waals surface area contributed by atoms with Crippen LogP contribution < -0.4 is 5.73 Å². The normalized spacial score (nSPS) is 15.8. The standard InChI is InChI=1S/C16H22ClN3O2.ClH/c1-12(18)10-15(21)19-6-8-20(9-7-19)16(22)11-13-2-4-14(17)5-3-13;/h2-5,12H,6-11,18H2,1H3;1H. The number of carbonyl (C=O) groups is 2. The van der Waals surface area contributed by atoms with E-state index in [1.807, 2.05) is 24.0 Å². The second-order valence-electron chi connectivity index (χ2n) is 5.75. The summed E-state index contributed by atoms with van der Waals surface area (Å²) in [6.45, 7) is 4.15. The van der Waals surface area contributed by atoms with Crippen LogP contribution in [0.5, 0.6) is 0 Å². The third kappa shape index (κ3) is 6.01. The Hall–Kier alpha value is -1.30. The summed E-state index contributed by atoms with van der Waals surface area (Å²) in [5.41, 5.74) is 6.60. The molecule has 0 aromatic heterocycles. The summed E-state index contributed by atoms with van der Waals surface area (Å²) in [6, 6.07) is 7.17. The zero-order valence-electron chi connectivity index (χ0n) is 13.2. The van der Waals surface area contributed by atoms with Crippen molar-refractivity contribution in [3.63, 3.8) is 0 Å². The molecular formula is C16H23Cl2N3O2. The second-order valence-corrected chi connectivity index (χ2v) is 6.18. The van der Waals surface area contributed by atoms with E-state index in [0.29, 0.717) is 44.0 Å². The summed E-state index contributed by atoms with van der Waals surface area (Å²) in [7, 11) is 0. The molecule has 0 spiro atoms. The molecule has 0 radical (unpaired) electrons. The maximum Gasteiger partial charge on any atom is 0.227 e. The van der Waals surface area contributed by atoms with Crippen molar-refractivity contribution in [3.8, 4) is 0 Å². The third-order valence-corrected chi connectivity index (χ3v) is 4.00. The molecule has 128 valence electrons. The first-order valence-electron chi connectivity index (χ1n) is 7.51. The maximum atomic E-state index is 12.3. The molecule has 0 saturated carbocycles. The van der Waals surface area contributed by atoms with E-state index in [2.05, 4.69) is 0 Å². The van der Waals surface area contributed by atoms with Crippen LogP contribution in [0.2, 0.25) is 5.02 Å². The lowest BCUT2D eigenvalue weighted by Crippen LogP contribution is -2.51. The minimum atomic E-state index is -0.128. The molecule has 1 unspecified atom stereocenters. The summed E-state index contributed by atoms with van der Waals surface area (Å²) in [4.78, 5) is 27.8. The van der Waals surface area contributed by atoms with E-state index in [-0.39, 0.29) is 30.3 Å². The Balaban J connectivity index is 0.00000264. The number of hydrogen-bond acceptors (Lipinski definition) is 3. The van der Waals surface area contributed by atoms with E-state index >= 15 is 0 Å². The Morgan fingerprint density at radius 1 is 1.09 bits per heavy atom. The highest BCUT2D eigenvalue weighted by Crippen LogP contribution is 2.12. The van der Waals surface area contributed by atoms with E-state index in [4.69, 9.17) is 17.3 Å².